The van der Waals surface area contributed by atoms with Crippen molar-refractivity contribution in [3.05, 3.63) is 71.8 Å². The Hall–Kier alpha value is -1.87. The maximum absolute atomic E-state index is 5.71. The third kappa shape index (κ3) is 4.55. The Balaban J connectivity index is 1.65. The number of benzene rings is 2. The Labute approximate surface area is 144 Å². The van der Waals surface area contributed by atoms with Gasteiger partial charge in [0.2, 0.25) is 0 Å². The zero-order valence-electron chi connectivity index (χ0n) is 13.6. The van der Waals surface area contributed by atoms with Gasteiger partial charge >= 0.3 is 0 Å². The van der Waals surface area contributed by atoms with Crippen molar-refractivity contribution in [1.82, 2.24) is 10.2 Å². The highest BCUT2D eigenvalue weighted by atomic mass is 32.1. The van der Waals surface area contributed by atoms with E-state index in [0.717, 1.165) is 24.1 Å². The van der Waals surface area contributed by atoms with Gasteiger partial charge in [0, 0.05) is 19.1 Å². The molecule has 0 unspecified atom stereocenters. The molecule has 3 heteroatoms. The van der Waals surface area contributed by atoms with Crippen molar-refractivity contribution in [3.63, 3.8) is 0 Å². The highest BCUT2D eigenvalue weighted by Crippen LogP contribution is 2.35. The van der Waals surface area contributed by atoms with E-state index in [1.54, 1.807) is 0 Å². The first kappa shape index (κ1) is 16.0. The van der Waals surface area contributed by atoms with E-state index in [4.69, 9.17) is 12.2 Å². The van der Waals surface area contributed by atoms with Gasteiger partial charge in [0.05, 0.1) is 0 Å². The van der Waals surface area contributed by atoms with Gasteiger partial charge in [-0.2, -0.15) is 0 Å². The quantitative estimate of drug-likeness (QED) is 0.795. The Bertz CT molecular complexity index is 623. The van der Waals surface area contributed by atoms with Gasteiger partial charge in [-0.3, -0.25) is 0 Å². The van der Waals surface area contributed by atoms with Crippen LogP contribution >= 0.6 is 12.2 Å². The van der Waals surface area contributed by atoms with Gasteiger partial charge in [-0.25, -0.2) is 0 Å². The number of hydrogen-bond donors (Lipinski definition) is 1. The second-order valence-corrected chi connectivity index (χ2v) is 6.72. The molecule has 1 aliphatic carbocycles. The number of hydrogen-bond acceptors (Lipinski definition) is 1. The molecule has 0 aliphatic heterocycles. The van der Waals surface area contributed by atoms with Crippen LogP contribution in [0, 0.1) is 5.92 Å². The minimum Gasteiger partial charge on any atom is -0.358 e. The predicted molar refractivity (Wildman–Crippen MR) is 100 cm³/mol. The molecule has 1 atom stereocenters. The van der Waals surface area contributed by atoms with Crippen LogP contribution in [0.25, 0.3) is 0 Å². The fourth-order valence-electron chi connectivity index (χ4n) is 2.89. The van der Waals surface area contributed by atoms with Crippen molar-refractivity contribution in [3.8, 4) is 0 Å². The third-order valence-corrected chi connectivity index (χ3v) is 4.92. The summed E-state index contributed by atoms with van der Waals surface area (Å²) in [5.74, 6) is 0.787. The molecule has 2 aromatic carbocycles. The SMILES string of the molecule is C[C@H](C1CC1)N(Cc1ccccc1)C(=S)NCc1ccccc1. The average molecular weight is 324 g/mol. The zero-order chi connectivity index (χ0) is 16.1. The highest BCUT2D eigenvalue weighted by molar-refractivity contribution is 7.80. The summed E-state index contributed by atoms with van der Waals surface area (Å²) in [4.78, 5) is 2.35. The van der Waals surface area contributed by atoms with Crippen LogP contribution in [-0.2, 0) is 13.1 Å². The Morgan fingerprint density at radius 3 is 2.17 bits per heavy atom. The van der Waals surface area contributed by atoms with Gasteiger partial charge in [0.1, 0.15) is 0 Å². The molecule has 1 N–H and O–H groups in total. The first-order chi connectivity index (χ1) is 11.2. The summed E-state index contributed by atoms with van der Waals surface area (Å²) in [5, 5.41) is 4.30. The molecule has 1 saturated carbocycles. The zero-order valence-corrected chi connectivity index (χ0v) is 14.4. The molecule has 0 heterocycles. The van der Waals surface area contributed by atoms with Gasteiger partial charge in [-0.05, 0) is 49.0 Å². The molecule has 0 amide bonds. The summed E-state index contributed by atoms with van der Waals surface area (Å²) in [6.45, 7) is 3.96. The van der Waals surface area contributed by atoms with Crippen molar-refractivity contribution in [2.24, 2.45) is 5.92 Å². The van der Waals surface area contributed by atoms with E-state index < -0.39 is 0 Å². The lowest BCUT2D eigenvalue weighted by Crippen LogP contribution is -2.45. The second-order valence-electron chi connectivity index (χ2n) is 6.34. The molecule has 120 valence electrons. The number of nitrogens with one attached hydrogen (secondary N) is 1. The lowest BCUT2D eigenvalue weighted by molar-refractivity contribution is 0.290. The van der Waals surface area contributed by atoms with Crippen molar-refractivity contribution in [2.75, 3.05) is 0 Å². The van der Waals surface area contributed by atoms with E-state index in [9.17, 15) is 0 Å². The van der Waals surface area contributed by atoms with E-state index in [1.165, 1.54) is 24.0 Å². The first-order valence-corrected chi connectivity index (χ1v) is 8.77. The molecule has 1 fully saturated rings. The molecule has 3 rings (SSSR count). The summed E-state index contributed by atoms with van der Waals surface area (Å²) < 4.78 is 0. The van der Waals surface area contributed by atoms with E-state index in [-0.39, 0.29) is 0 Å². The second kappa shape index (κ2) is 7.60. The molecule has 1 aliphatic rings. The van der Waals surface area contributed by atoms with Gasteiger partial charge in [0.25, 0.3) is 0 Å². The van der Waals surface area contributed by atoms with Crippen LogP contribution in [0.5, 0.6) is 0 Å². The molecule has 0 spiro atoms. The number of thiocarbonyl (C=S) groups is 1. The maximum Gasteiger partial charge on any atom is 0.169 e. The summed E-state index contributed by atoms with van der Waals surface area (Å²) >= 11 is 5.71. The van der Waals surface area contributed by atoms with Gasteiger partial charge < -0.3 is 10.2 Å². The largest absolute Gasteiger partial charge is 0.358 e. The predicted octanol–water partition coefficient (Wildman–Crippen LogP) is 4.36. The standard InChI is InChI=1S/C20H24N2S/c1-16(19-12-13-19)22(15-18-10-6-3-7-11-18)20(23)21-14-17-8-4-2-5-9-17/h2-11,16,19H,12-15H2,1H3,(H,21,23)/t16-/m1/s1. The van der Waals surface area contributed by atoms with E-state index in [1.807, 2.05) is 6.07 Å². The van der Waals surface area contributed by atoms with E-state index in [2.05, 4.69) is 71.7 Å². The Morgan fingerprint density at radius 1 is 1.04 bits per heavy atom. The third-order valence-electron chi connectivity index (χ3n) is 4.54. The Kier molecular flexibility index (Phi) is 5.29. The monoisotopic (exact) mass is 324 g/mol. The van der Waals surface area contributed by atoms with Crippen molar-refractivity contribution in [1.29, 1.82) is 0 Å². The summed E-state index contributed by atoms with van der Waals surface area (Å²) in [7, 11) is 0. The molecule has 0 aromatic heterocycles. The molecule has 2 nitrogen and oxygen atoms in total. The van der Waals surface area contributed by atoms with Crippen LogP contribution in [0.1, 0.15) is 30.9 Å². The molecular formula is C20H24N2S. The van der Waals surface area contributed by atoms with Gasteiger partial charge in [-0.1, -0.05) is 60.7 Å². The van der Waals surface area contributed by atoms with Crippen LogP contribution in [0.4, 0.5) is 0 Å². The Morgan fingerprint density at radius 2 is 1.61 bits per heavy atom. The van der Waals surface area contributed by atoms with E-state index >= 15 is 0 Å². The molecule has 0 bridgehead atoms. The van der Waals surface area contributed by atoms with Crippen molar-refractivity contribution >= 4 is 17.3 Å². The topological polar surface area (TPSA) is 15.3 Å². The van der Waals surface area contributed by atoms with Crippen LogP contribution in [0.3, 0.4) is 0 Å². The first-order valence-electron chi connectivity index (χ1n) is 8.36. The molecule has 0 saturated heterocycles. The smallest absolute Gasteiger partial charge is 0.169 e. The lowest BCUT2D eigenvalue weighted by Gasteiger charge is -2.32. The van der Waals surface area contributed by atoms with Gasteiger partial charge in [0.15, 0.2) is 5.11 Å². The minimum atomic E-state index is 0.492. The van der Waals surface area contributed by atoms with Crippen molar-refractivity contribution in [2.45, 2.75) is 38.9 Å². The van der Waals surface area contributed by atoms with Gasteiger partial charge in [-0.15, -0.1) is 0 Å². The van der Waals surface area contributed by atoms with E-state index in [0.29, 0.717) is 6.04 Å². The molecule has 2 aromatic rings. The van der Waals surface area contributed by atoms with Crippen LogP contribution < -0.4 is 5.32 Å². The van der Waals surface area contributed by atoms with Crippen LogP contribution in [0.2, 0.25) is 0 Å². The van der Waals surface area contributed by atoms with Crippen molar-refractivity contribution < 1.29 is 0 Å². The normalized spacial score (nSPS) is 15.0. The molecular weight excluding hydrogens is 300 g/mol. The summed E-state index contributed by atoms with van der Waals surface area (Å²) in [6.07, 6.45) is 2.65. The van der Waals surface area contributed by atoms with Crippen LogP contribution in [0.15, 0.2) is 60.7 Å². The fraction of sp³-hybridized carbons (Fsp3) is 0.350. The maximum atomic E-state index is 5.71. The fourth-order valence-corrected chi connectivity index (χ4v) is 3.19. The minimum absolute atomic E-state index is 0.492. The lowest BCUT2D eigenvalue weighted by atomic mass is 10.1. The molecule has 0 radical (unpaired) electrons. The average Bonchev–Trinajstić information content (AvgIpc) is 3.44. The molecule has 23 heavy (non-hydrogen) atoms. The highest BCUT2D eigenvalue weighted by Gasteiger charge is 2.33. The number of nitrogens with zero attached hydrogens (tertiary/aromatic N) is 1. The summed E-state index contributed by atoms with van der Waals surface area (Å²) in [6, 6.07) is 21.5. The summed E-state index contributed by atoms with van der Waals surface area (Å²) in [5.41, 5.74) is 2.57. The van der Waals surface area contributed by atoms with Crippen LogP contribution in [-0.4, -0.2) is 16.1 Å². The number of rotatable bonds is 6.